The summed E-state index contributed by atoms with van der Waals surface area (Å²) >= 11 is 0. The normalized spacial score (nSPS) is 11.0. The predicted octanol–water partition coefficient (Wildman–Crippen LogP) is 0.00230. The van der Waals surface area contributed by atoms with E-state index in [2.05, 4.69) is 5.32 Å². The molecular weight excluding hydrogens is 174 g/mol. The third-order valence-corrected chi connectivity index (χ3v) is 1.35. The number of hydrogen-bond donors (Lipinski definition) is 2. The minimum absolute atomic E-state index is 0.145. The molecule has 0 bridgehead atoms. The highest BCUT2D eigenvalue weighted by Crippen LogP contribution is 2.01. The molecule has 0 atom stereocenters. The van der Waals surface area contributed by atoms with Crippen molar-refractivity contribution in [1.82, 2.24) is 5.32 Å². The molecule has 0 amide bonds. The molecule has 0 fully saturated rings. The largest absolute Gasteiger partial charge is 0.480 e. The molecule has 0 unspecified atom stereocenters. The maximum absolute atomic E-state index is 10.5. The van der Waals surface area contributed by atoms with Gasteiger partial charge in [-0.1, -0.05) is 0 Å². The second-order valence-corrected chi connectivity index (χ2v) is 3.41. The number of ether oxygens (including phenoxy) is 1. The number of carbonyl (C=O) groups excluding carboxylic acids is 1. The van der Waals surface area contributed by atoms with E-state index in [1.165, 1.54) is 6.92 Å². The highest BCUT2D eigenvalue weighted by atomic mass is 16.5. The van der Waals surface area contributed by atoms with E-state index in [0.717, 1.165) is 0 Å². The summed E-state index contributed by atoms with van der Waals surface area (Å²) in [6.45, 7) is 4.86. The lowest BCUT2D eigenvalue weighted by atomic mass is 10.1. The van der Waals surface area contributed by atoms with Gasteiger partial charge in [-0.3, -0.25) is 14.9 Å². The first-order valence-electron chi connectivity index (χ1n) is 3.94. The summed E-state index contributed by atoms with van der Waals surface area (Å²) in [5, 5.41) is 11.1. The van der Waals surface area contributed by atoms with Crippen LogP contribution in [0.15, 0.2) is 0 Å². The Labute approximate surface area is 77.1 Å². The molecule has 0 aromatic heterocycles. The monoisotopic (exact) mass is 189 g/mol. The number of carbonyl (C=O) groups is 2. The van der Waals surface area contributed by atoms with Gasteiger partial charge in [0.1, 0.15) is 6.61 Å². The molecule has 5 heteroatoms. The van der Waals surface area contributed by atoms with E-state index in [1.54, 1.807) is 13.8 Å². The zero-order chi connectivity index (χ0) is 10.5. The van der Waals surface area contributed by atoms with Gasteiger partial charge in [0.2, 0.25) is 0 Å². The van der Waals surface area contributed by atoms with Crippen molar-refractivity contribution < 1.29 is 19.4 Å². The quantitative estimate of drug-likeness (QED) is 0.595. The van der Waals surface area contributed by atoms with Crippen molar-refractivity contribution in [1.29, 1.82) is 0 Å². The molecule has 13 heavy (non-hydrogen) atoms. The van der Waals surface area contributed by atoms with E-state index in [4.69, 9.17) is 9.84 Å². The Hall–Kier alpha value is -1.10. The van der Waals surface area contributed by atoms with Crippen molar-refractivity contribution in [2.45, 2.75) is 26.3 Å². The van der Waals surface area contributed by atoms with Gasteiger partial charge in [-0.15, -0.1) is 0 Å². The van der Waals surface area contributed by atoms with Crippen LogP contribution in [-0.4, -0.2) is 35.7 Å². The summed E-state index contributed by atoms with van der Waals surface area (Å²) in [5.74, 6) is -1.30. The van der Waals surface area contributed by atoms with Gasteiger partial charge in [-0.2, -0.15) is 0 Å². The molecule has 0 saturated heterocycles. The number of carboxylic acids is 1. The van der Waals surface area contributed by atoms with Crippen LogP contribution in [0.4, 0.5) is 0 Å². The van der Waals surface area contributed by atoms with Gasteiger partial charge in [0.25, 0.3) is 0 Å². The molecule has 0 aliphatic rings. The van der Waals surface area contributed by atoms with Gasteiger partial charge in [0.05, 0.1) is 6.54 Å². The molecule has 0 radical (unpaired) electrons. The predicted molar refractivity (Wildman–Crippen MR) is 46.4 cm³/mol. The molecule has 0 aromatic carbocycles. The molecule has 0 spiro atoms. The molecule has 0 saturated carbocycles. The van der Waals surface area contributed by atoms with Crippen molar-refractivity contribution in [3.63, 3.8) is 0 Å². The molecule has 0 aliphatic heterocycles. The zero-order valence-corrected chi connectivity index (χ0v) is 8.09. The van der Waals surface area contributed by atoms with Crippen LogP contribution in [0.2, 0.25) is 0 Å². The fourth-order valence-corrected chi connectivity index (χ4v) is 0.648. The number of hydrogen-bond acceptors (Lipinski definition) is 4. The van der Waals surface area contributed by atoms with Crippen molar-refractivity contribution in [3.05, 3.63) is 0 Å². The Morgan fingerprint density at radius 3 is 2.38 bits per heavy atom. The summed E-state index contributed by atoms with van der Waals surface area (Å²) in [6.07, 6.45) is 0. The summed E-state index contributed by atoms with van der Waals surface area (Å²) in [6, 6.07) is 0. The Morgan fingerprint density at radius 2 is 2.00 bits per heavy atom. The van der Waals surface area contributed by atoms with Gasteiger partial charge >= 0.3 is 11.9 Å². The van der Waals surface area contributed by atoms with Crippen LogP contribution >= 0.6 is 0 Å². The third kappa shape index (κ3) is 7.27. The average molecular weight is 189 g/mol. The lowest BCUT2D eigenvalue weighted by molar-refractivity contribution is -0.143. The SMILES string of the molecule is CC(=O)OCC(C)(C)NCC(=O)O. The minimum atomic E-state index is -0.934. The standard InChI is InChI=1S/C8H15NO4/c1-6(10)13-5-8(2,3)9-4-7(11)12/h9H,4-5H2,1-3H3,(H,11,12). The van der Waals surface area contributed by atoms with E-state index < -0.39 is 11.5 Å². The Morgan fingerprint density at radius 1 is 1.46 bits per heavy atom. The van der Waals surface area contributed by atoms with Crippen molar-refractivity contribution in [3.8, 4) is 0 Å². The molecule has 0 aliphatic carbocycles. The van der Waals surface area contributed by atoms with E-state index in [1.807, 2.05) is 0 Å². The van der Waals surface area contributed by atoms with Crippen LogP contribution in [0.25, 0.3) is 0 Å². The van der Waals surface area contributed by atoms with Crippen molar-refractivity contribution in [2.24, 2.45) is 0 Å². The topological polar surface area (TPSA) is 75.6 Å². The fourth-order valence-electron chi connectivity index (χ4n) is 0.648. The Bertz CT molecular complexity index is 180. The minimum Gasteiger partial charge on any atom is -0.480 e. The van der Waals surface area contributed by atoms with Gasteiger partial charge in [-0.05, 0) is 13.8 Å². The van der Waals surface area contributed by atoms with Gasteiger partial charge in [0, 0.05) is 12.5 Å². The van der Waals surface area contributed by atoms with E-state index >= 15 is 0 Å². The summed E-state index contributed by atoms with van der Waals surface area (Å²) in [4.78, 5) is 20.7. The Balaban J connectivity index is 3.79. The zero-order valence-electron chi connectivity index (χ0n) is 8.09. The number of rotatable bonds is 5. The molecule has 0 rings (SSSR count). The number of esters is 1. The summed E-state index contributed by atoms with van der Waals surface area (Å²) in [5.41, 5.74) is -0.510. The second kappa shape index (κ2) is 4.81. The smallest absolute Gasteiger partial charge is 0.317 e. The molecule has 5 nitrogen and oxygen atoms in total. The second-order valence-electron chi connectivity index (χ2n) is 3.41. The maximum atomic E-state index is 10.5. The first-order chi connectivity index (χ1) is 5.83. The summed E-state index contributed by atoms with van der Waals surface area (Å²) in [7, 11) is 0. The van der Waals surface area contributed by atoms with Gasteiger partial charge in [0.15, 0.2) is 0 Å². The third-order valence-electron chi connectivity index (χ3n) is 1.35. The van der Waals surface area contributed by atoms with Crippen LogP contribution in [0, 0.1) is 0 Å². The lowest BCUT2D eigenvalue weighted by Gasteiger charge is -2.24. The van der Waals surface area contributed by atoms with Crippen LogP contribution in [-0.2, 0) is 14.3 Å². The van der Waals surface area contributed by atoms with Crippen LogP contribution < -0.4 is 5.32 Å². The number of aliphatic carboxylic acids is 1. The highest BCUT2D eigenvalue weighted by molar-refractivity contribution is 5.69. The van der Waals surface area contributed by atoms with Crippen molar-refractivity contribution >= 4 is 11.9 Å². The van der Waals surface area contributed by atoms with Gasteiger partial charge < -0.3 is 9.84 Å². The molecule has 0 heterocycles. The lowest BCUT2D eigenvalue weighted by Crippen LogP contribution is -2.46. The van der Waals surface area contributed by atoms with E-state index in [0.29, 0.717) is 0 Å². The molecule has 2 N–H and O–H groups in total. The van der Waals surface area contributed by atoms with Crippen LogP contribution in [0.5, 0.6) is 0 Å². The van der Waals surface area contributed by atoms with E-state index in [9.17, 15) is 9.59 Å². The van der Waals surface area contributed by atoms with E-state index in [-0.39, 0.29) is 19.1 Å². The molecule has 0 aromatic rings. The summed E-state index contributed by atoms with van der Waals surface area (Å²) < 4.78 is 4.74. The molecule has 76 valence electrons. The van der Waals surface area contributed by atoms with Crippen LogP contribution in [0.3, 0.4) is 0 Å². The first kappa shape index (κ1) is 11.9. The number of carboxylic acid groups (broad SMARTS) is 1. The number of nitrogens with one attached hydrogen (secondary N) is 1. The highest BCUT2D eigenvalue weighted by Gasteiger charge is 2.19. The first-order valence-corrected chi connectivity index (χ1v) is 3.94. The maximum Gasteiger partial charge on any atom is 0.317 e. The average Bonchev–Trinajstić information content (AvgIpc) is 1.98. The molecular formula is C8H15NO4. The van der Waals surface area contributed by atoms with Crippen molar-refractivity contribution in [2.75, 3.05) is 13.2 Å². The van der Waals surface area contributed by atoms with Crippen LogP contribution in [0.1, 0.15) is 20.8 Å². The fraction of sp³-hybridized carbons (Fsp3) is 0.750. The van der Waals surface area contributed by atoms with Gasteiger partial charge in [-0.25, -0.2) is 0 Å². The Kier molecular flexibility index (Phi) is 4.40.